The predicted octanol–water partition coefficient (Wildman–Crippen LogP) is 0.960. The van der Waals surface area contributed by atoms with Crippen LogP contribution in [0.3, 0.4) is 0 Å². The quantitative estimate of drug-likeness (QED) is 0.655. The standard InChI is InChI=1S/C15H16N6O5S/c1-9-16-13(10-6-4-5-7-21(9)10)27(23,24)20-15(22)19-14-17-11(25-2)8-12(18-14)26-3/h4-8H,1-3H3,(H2,17,18,19,20,22). The third kappa shape index (κ3) is 3.74. The van der Waals surface area contributed by atoms with E-state index in [4.69, 9.17) is 9.47 Å². The van der Waals surface area contributed by atoms with Gasteiger partial charge in [-0.3, -0.25) is 5.32 Å². The van der Waals surface area contributed by atoms with Crippen molar-refractivity contribution in [2.75, 3.05) is 19.5 Å². The highest BCUT2D eigenvalue weighted by Gasteiger charge is 2.25. The van der Waals surface area contributed by atoms with Gasteiger partial charge < -0.3 is 13.9 Å². The zero-order chi connectivity index (χ0) is 19.6. The summed E-state index contributed by atoms with van der Waals surface area (Å²) in [7, 11) is -1.47. The molecule has 12 heteroatoms. The molecule has 0 aliphatic rings. The molecule has 0 aliphatic carbocycles. The Bertz CT molecular complexity index is 1090. The minimum absolute atomic E-state index is 0.135. The SMILES string of the molecule is COc1cc(OC)nc(NC(=O)NS(=O)(=O)c2nc(C)n3ccccc23)n1. The van der Waals surface area contributed by atoms with Gasteiger partial charge in [-0.1, -0.05) is 6.07 Å². The lowest BCUT2D eigenvalue weighted by atomic mass is 10.4. The molecule has 0 radical (unpaired) electrons. The molecule has 11 nitrogen and oxygen atoms in total. The number of sulfonamides is 1. The Labute approximate surface area is 154 Å². The van der Waals surface area contributed by atoms with Gasteiger partial charge in [0.05, 0.1) is 25.8 Å². The number of nitrogens with zero attached hydrogens (tertiary/aromatic N) is 4. The van der Waals surface area contributed by atoms with Crippen LogP contribution in [0.15, 0.2) is 35.5 Å². The fourth-order valence-electron chi connectivity index (χ4n) is 2.32. The minimum Gasteiger partial charge on any atom is -0.481 e. The second-order valence-electron chi connectivity index (χ2n) is 5.26. The lowest BCUT2D eigenvalue weighted by Gasteiger charge is -2.08. The number of hydrogen-bond acceptors (Lipinski definition) is 8. The fourth-order valence-corrected chi connectivity index (χ4v) is 3.41. The number of carbonyl (C=O) groups excluding carboxylic acids is 1. The first kappa shape index (κ1) is 18.4. The summed E-state index contributed by atoms with van der Waals surface area (Å²) < 4.78 is 38.6. The first-order valence-corrected chi connectivity index (χ1v) is 9.07. The molecule has 3 rings (SSSR count). The number of aryl methyl sites for hydroxylation is 1. The predicted molar refractivity (Wildman–Crippen MR) is 94.4 cm³/mol. The van der Waals surface area contributed by atoms with Crippen LogP contribution in [0, 0.1) is 6.92 Å². The van der Waals surface area contributed by atoms with Crippen LogP contribution in [-0.2, 0) is 10.0 Å². The van der Waals surface area contributed by atoms with Crippen molar-refractivity contribution in [2.24, 2.45) is 0 Å². The summed E-state index contributed by atoms with van der Waals surface area (Å²) >= 11 is 0. The molecule has 0 aromatic carbocycles. The number of amides is 2. The van der Waals surface area contributed by atoms with Crippen LogP contribution in [0.1, 0.15) is 5.82 Å². The van der Waals surface area contributed by atoms with E-state index >= 15 is 0 Å². The monoisotopic (exact) mass is 392 g/mol. The second-order valence-corrected chi connectivity index (χ2v) is 6.85. The highest BCUT2D eigenvalue weighted by atomic mass is 32.2. The Morgan fingerprint density at radius 1 is 1.11 bits per heavy atom. The highest BCUT2D eigenvalue weighted by Crippen LogP contribution is 2.19. The van der Waals surface area contributed by atoms with Crippen molar-refractivity contribution < 1.29 is 22.7 Å². The molecule has 27 heavy (non-hydrogen) atoms. The average Bonchev–Trinajstić information content (AvgIpc) is 2.99. The van der Waals surface area contributed by atoms with E-state index in [1.165, 1.54) is 20.3 Å². The molecule has 0 saturated heterocycles. The maximum Gasteiger partial charge on any atom is 0.335 e. The van der Waals surface area contributed by atoms with Gasteiger partial charge in [-0.25, -0.2) is 14.5 Å². The molecule has 0 spiro atoms. The van der Waals surface area contributed by atoms with Gasteiger partial charge in [0.2, 0.25) is 22.7 Å². The van der Waals surface area contributed by atoms with Crippen molar-refractivity contribution in [3.8, 4) is 11.8 Å². The Morgan fingerprint density at radius 2 is 1.78 bits per heavy atom. The molecule has 0 atom stereocenters. The van der Waals surface area contributed by atoms with E-state index in [2.05, 4.69) is 20.3 Å². The molecule has 2 N–H and O–H groups in total. The number of ether oxygens (including phenoxy) is 2. The second kappa shape index (κ2) is 7.07. The summed E-state index contributed by atoms with van der Waals surface area (Å²) in [5, 5.41) is 1.96. The van der Waals surface area contributed by atoms with Crippen molar-refractivity contribution in [3.63, 3.8) is 0 Å². The number of aromatic nitrogens is 4. The third-order valence-corrected chi connectivity index (χ3v) is 4.76. The molecular weight excluding hydrogens is 376 g/mol. The van der Waals surface area contributed by atoms with Crippen molar-refractivity contribution in [2.45, 2.75) is 11.9 Å². The van der Waals surface area contributed by atoms with Crippen LogP contribution in [0.4, 0.5) is 10.7 Å². The molecule has 0 aliphatic heterocycles. The number of pyridine rings is 1. The van der Waals surface area contributed by atoms with Crippen molar-refractivity contribution in [3.05, 3.63) is 36.3 Å². The normalized spacial score (nSPS) is 11.2. The van der Waals surface area contributed by atoms with E-state index in [0.29, 0.717) is 11.3 Å². The molecule has 0 bridgehead atoms. The maximum absolute atomic E-state index is 12.6. The summed E-state index contributed by atoms with van der Waals surface area (Å²) in [6.07, 6.45) is 1.67. The van der Waals surface area contributed by atoms with E-state index in [-0.39, 0.29) is 22.7 Å². The van der Waals surface area contributed by atoms with Crippen LogP contribution < -0.4 is 19.5 Å². The van der Waals surface area contributed by atoms with E-state index in [0.717, 1.165) is 0 Å². The van der Waals surface area contributed by atoms with Gasteiger partial charge in [0.1, 0.15) is 5.82 Å². The first-order chi connectivity index (χ1) is 12.8. The average molecular weight is 392 g/mol. The number of rotatable bonds is 5. The van der Waals surface area contributed by atoms with Crippen molar-refractivity contribution in [1.82, 2.24) is 24.1 Å². The highest BCUT2D eigenvalue weighted by molar-refractivity contribution is 7.90. The number of anilines is 1. The largest absolute Gasteiger partial charge is 0.481 e. The smallest absolute Gasteiger partial charge is 0.335 e. The first-order valence-electron chi connectivity index (χ1n) is 7.58. The van der Waals surface area contributed by atoms with Crippen molar-refractivity contribution in [1.29, 1.82) is 0 Å². The van der Waals surface area contributed by atoms with Crippen LogP contribution in [0.25, 0.3) is 5.52 Å². The number of carbonyl (C=O) groups is 1. The molecule has 3 aromatic heterocycles. The molecule has 3 aromatic rings. The molecule has 142 valence electrons. The molecule has 0 saturated carbocycles. The van der Waals surface area contributed by atoms with Gasteiger partial charge in [-0.2, -0.15) is 18.4 Å². The number of urea groups is 1. The molecule has 3 heterocycles. The topological polar surface area (TPSA) is 137 Å². The number of hydrogen-bond donors (Lipinski definition) is 2. The van der Waals surface area contributed by atoms with E-state index in [9.17, 15) is 13.2 Å². The number of nitrogens with one attached hydrogen (secondary N) is 2. The van der Waals surface area contributed by atoms with Gasteiger partial charge in [0, 0.05) is 6.20 Å². The Hall–Kier alpha value is -3.41. The Morgan fingerprint density at radius 3 is 2.41 bits per heavy atom. The van der Waals surface area contributed by atoms with Crippen LogP contribution >= 0.6 is 0 Å². The van der Waals surface area contributed by atoms with E-state index in [1.807, 2.05) is 4.72 Å². The van der Waals surface area contributed by atoms with Crippen molar-refractivity contribution >= 4 is 27.5 Å². The number of methoxy groups -OCH3 is 2. The molecular formula is C15H16N6O5S. The minimum atomic E-state index is -4.23. The lowest BCUT2D eigenvalue weighted by molar-refractivity contribution is 0.256. The van der Waals surface area contributed by atoms with E-state index in [1.54, 1.807) is 35.7 Å². The van der Waals surface area contributed by atoms with Crippen LogP contribution in [0.2, 0.25) is 0 Å². The number of imidazole rings is 1. The molecule has 2 amide bonds. The van der Waals surface area contributed by atoms with Gasteiger partial charge in [-0.15, -0.1) is 0 Å². The van der Waals surface area contributed by atoms with Gasteiger partial charge in [0.15, 0.2) is 0 Å². The Balaban J connectivity index is 1.85. The van der Waals surface area contributed by atoms with E-state index < -0.39 is 16.1 Å². The number of fused-ring (bicyclic) bond motifs is 1. The van der Waals surface area contributed by atoms with Gasteiger partial charge >= 0.3 is 6.03 Å². The lowest BCUT2D eigenvalue weighted by Crippen LogP contribution is -2.35. The zero-order valence-corrected chi connectivity index (χ0v) is 15.4. The summed E-state index contributed by atoms with van der Waals surface area (Å²) in [6, 6.07) is 5.35. The Kier molecular flexibility index (Phi) is 4.81. The molecule has 0 unspecified atom stereocenters. The summed E-state index contributed by atoms with van der Waals surface area (Å²) in [5.74, 6) is 0.545. The van der Waals surface area contributed by atoms with Gasteiger partial charge in [0.25, 0.3) is 10.0 Å². The summed E-state index contributed by atoms with van der Waals surface area (Å²) in [6.45, 7) is 1.66. The van der Waals surface area contributed by atoms with Crippen LogP contribution in [0.5, 0.6) is 11.8 Å². The summed E-state index contributed by atoms with van der Waals surface area (Å²) in [4.78, 5) is 24.0. The summed E-state index contributed by atoms with van der Waals surface area (Å²) in [5.41, 5.74) is 0.342. The van der Waals surface area contributed by atoms with Crippen LogP contribution in [-0.4, -0.2) is 48.0 Å². The third-order valence-electron chi connectivity index (χ3n) is 3.50. The van der Waals surface area contributed by atoms with Gasteiger partial charge in [-0.05, 0) is 19.1 Å². The maximum atomic E-state index is 12.6. The fraction of sp³-hybridized carbons (Fsp3) is 0.200. The molecule has 0 fully saturated rings. The zero-order valence-electron chi connectivity index (χ0n) is 14.6.